The van der Waals surface area contributed by atoms with Crippen molar-refractivity contribution in [1.29, 1.82) is 0 Å². The molecule has 1 N–H and O–H groups in total. The Balaban J connectivity index is 0.00000112. The fraction of sp³-hybridized carbons (Fsp3) is 0.250. The molecule has 0 saturated carbocycles. The summed E-state index contributed by atoms with van der Waals surface area (Å²) in [6.07, 6.45) is 4.54. The lowest BCUT2D eigenvalue weighted by Gasteiger charge is -2.06. The first kappa shape index (κ1) is 11.8. The maximum Gasteiger partial charge on any atom is 0.0921 e. The van der Waals surface area contributed by atoms with Crippen LogP contribution in [0.1, 0.15) is 22.4 Å². The van der Waals surface area contributed by atoms with Gasteiger partial charge in [0.05, 0.1) is 6.33 Å². The second-order valence-electron chi connectivity index (χ2n) is 3.61. The topological polar surface area (TPSA) is 28.7 Å². The third-order valence-corrected chi connectivity index (χ3v) is 2.65. The van der Waals surface area contributed by atoms with Crippen LogP contribution in [0, 0.1) is 13.8 Å². The third kappa shape index (κ3) is 2.60. The summed E-state index contributed by atoms with van der Waals surface area (Å²) < 4.78 is 0. The van der Waals surface area contributed by atoms with Crippen molar-refractivity contribution >= 4 is 12.4 Å². The van der Waals surface area contributed by atoms with Crippen LogP contribution in [0.2, 0.25) is 0 Å². The van der Waals surface area contributed by atoms with Crippen LogP contribution < -0.4 is 0 Å². The van der Waals surface area contributed by atoms with Gasteiger partial charge in [0.2, 0.25) is 0 Å². The summed E-state index contributed by atoms with van der Waals surface area (Å²) in [5.74, 6) is 0. The molecule has 1 aromatic carbocycles. The zero-order valence-electron chi connectivity index (χ0n) is 8.95. The highest BCUT2D eigenvalue weighted by Gasteiger charge is 2.02. The summed E-state index contributed by atoms with van der Waals surface area (Å²) in [7, 11) is 0. The van der Waals surface area contributed by atoms with E-state index in [1.807, 2.05) is 6.20 Å². The average molecular weight is 226 g/mol. The molecule has 15 heavy (non-hydrogen) atoms. The van der Waals surface area contributed by atoms with Gasteiger partial charge in [-0.2, -0.15) is 0 Å². The van der Waals surface area contributed by atoms with E-state index in [4.69, 9.17) is 0 Å². The zero-order valence-corrected chi connectivity index (χ0v) is 9.77. The molecule has 0 atom stereocenters. The molecule has 2 rings (SSSR count). The molecule has 0 aliphatic heterocycles. The molecule has 0 amide bonds. The van der Waals surface area contributed by atoms with E-state index < -0.39 is 0 Å². The van der Waals surface area contributed by atoms with E-state index in [0.717, 1.165) is 6.42 Å². The predicted octanol–water partition coefficient (Wildman–Crippen LogP) is 3.04. The zero-order chi connectivity index (χ0) is 9.97. The molecule has 0 spiro atoms. The summed E-state index contributed by atoms with van der Waals surface area (Å²) in [4.78, 5) is 7.14. The van der Waals surface area contributed by atoms with Gasteiger partial charge in [0.1, 0.15) is 0 Å². The van der Waals surface area contributed by atoms with Gasteiger partial charge < -0.3 is 4.98 Å². The number of imidazole rings is 1. The maximum absolute atomic E-state index is 4.01. The van der Waals surface area contributed by atoms with Crippen LogP contribution in [-0.4, -0.2) is 9.97 Å². The van der Waals surface area contributed by atoms with Gasteiger partial charge >= 0.3 is 0 Å². The number of hydrogen-bond donors (Lipinski definition) is 1. The molecule has 3 heteroatoms. The lowest BCUT2D eigenvalue weighted by Crippen LogP contribution is -1.93. The molecule has 0 fully saturated rings. The van der Waals surface area contributed by atoms with Crippen molar-refractivity contribution in [3.8, 4) is 0 Å². The molecule has 0 bridgehead atoms. The summed E-state index contributed by atoms with van der Waals surface area (Å²) in [6.45, 7) is 4.31. The normalized spacial score (nSPS) is 9.73. The monoisotopic (exact) mass is 225 g/mol. The highest BCUT2D eigenvalue weighted by molar-refractivity contribution is 5.85. The Hall–Kier alpha value is -1.28. The van der Waals surface area contributed by atoms with Crippen molar-refractivity contribution in [1.82, 2.24) is 9.97 Å². The molecule has 1 aromatic heterocycles. The lowest BCUT2D eigenvalue weighted by molar-refractivity contribution is 1.08. The number of aromatic amines is 1. The van der Waals surface area contributed by atoms with Crippen LogP contribution in [0.3, 0.4) is 0 Å². The Bertz CT molecular complexity index is 421. The SMILES string of the molecule is Cc1cccc(Cc2c[15n][13cH][15nH]2)c1C.Cl. The van der Waals surface area contributed by atoms with Gasteiger partial charge in [-0.3, -0.25) is 0 Å². The van der Waals surface area contributed by atoms with E-state index in [9.17, 15) is 0 Å². The van der Waals surface area contributed by atoms with E-state index in [0.29, 0.717) is 0 Å². The number of halogens is 1. The Morgan fingerprint density at radius 1 is 1.27 bits per heavy atom. The van der Waals surface area contributed by atoms with E-state index in [1.54, 1.807) is 6.33 Å². The van der Waals surface area contributed by atoms with E-state index in [2.05, 4.69) is 42.0 Å². The predicted molar refractivity (Wildman–Crippen MR) is 64.6 cm³/mol. The number of H-pyrrole nitrogens is 1. The Labute approximate surface area is 96.2 Å². The number of rotatable bonds is 2. The van der Waals surface area contributed by atoms with Crippen molar-refractivity contribution < 1.29 is 0 Å². The fourth-order valence-electron chi connectivity index (χ4n) is 1.59. The van der Waals surface area contributed by atoms with Crippen molar-refractivity contribution in [2.24, 2.45) is 0 Å². The molecule has 0 saturated heterocycles. The molecule has 1 heterocycles. The van der Waals surface area contributed by atoms with Crippen LogP contribution in [0.4, 0.5) is 0 Å². The summed E-state index contributed by atoms with van der Waals surface area (Å²) in [5.41, 5.74) is 5.26. The first-order chi connectivity index (χ1) is 6.77. The van der Waals surface area contributed by atoms with Crippen LogP contribution in [0.15, 0.2) is 30.7 Å². The third-order valence-electron chi connectivity index (χ3n) is 2.65. The smallest absolute Gasteiger partial charge is 0.0921 e. The van der Waals surface area contributed by atoms with Gasteiger partial charge in [-0.15, -0.1) is 12.4 Å². The second-order valence-corrected chi connectivity index (χ2v) is 3.61. The largest absolute Gasteiger partial charge is 0.348 e. The van der Waals surface area contributed by atoms with Crippen LogP contribution in [-0.2, 0) is 6.42 Å². The van der Waals surface area contributed by atoms with E-state index in [-0.39, 0.29) is 12.4 Å². The molecule has 0 aliphatic carbocycles. The first-order valence-corrected chi connectivity index (χ1v) is 4.79. The molecule has 2 aromatic rings. The van der Waals surface area contributed by atoms with Crippen molar-refractivity contribution in [2.45, 2.75) is 20.3 Å². The molecule has 0 radical (unpaired) electrons. The minimum absolute atomic E-state index is 0. The Morgan fingerprint density at radius 2 is 2.07 bits per heavy atom. The average Bonchev–Trinajstić information content (AvgIpc) is 2.66. The highest BCUT2D eigenvalue weighted by Crippen LogP contribution is 2.15. The Morgan fingerprint density at radius 3 is 2.73 bits per heavy atom. The van der Waals surface area contributed by atoms with E-state index >= 15 is 0 Å². The van der Waals surface area contributed by atoms with Gasteiger partial charge in [0, 0.05) is 18.3 Å². The standard InChI is InChI=1S/C12H14N2.ClH/c1-9-4-3-5-11(10(9)2)6-12-7-13-8-14-12;/h3-5,7-8H,6H2,1-2H3,(H,13,14);1H/i8+1,13+1,14+1;. The summed E-state index contributed by atoms with van der Waals surface area (Å²) >= 11 is 0. The number of nitrogens with zero attached hydrogens (tertiary/aromatic N) is 1. The number of benzene rings is 1. The van der Waals surface area contributed by atoms with Gasteiger partial charge in [-0.05, 0) is 30.5 Å². The molecule has 0 unspecified atom stereocenters. The number of nitrogens with one attached hydrogen (secondary N) is 1. The fourth-order valence-corrected chi connectivity index (χ4v) is 1.59. The van der Waals surface area contributed by atoms with Crippen molar-refractivity contribution in [3.63, 3.8) is 0 Å². The molecular weight excluding hydrogens is 211 g/mol. The van der Waals surface area contributed by atoms with Gasteiger partial charge in [0.25, 0.3) is 0 Å². The van der Waals surface area contributed by atoms with Crippen molar-refractivity contribution in [2.75, 3.05) is 0 Å². The van der Waals surface area contributed by atoms with Crippen LogP contribution in [0.25, 0.3) is 0 Å². The summed E-state index contributed by atoms with van der Waals surface area (Å²) in [5, 5.41) is 0. The number of aryl methyl sites for hydroxylation is 1. The minimum Gasteiger partial charge on any atom is -0.348 e. The van der Waals surface area contributed by atoms with Crippen LogP contribution in [0.5, 0.6) is 0 Å². The maximum atomic E-state index is 4.01. The second kappa shape index (κ2) is 4.99. The molecule has 2 nitrogen and oxygen atoms in total. The molecule has 0 aliphatic rings. The highest BCUT2D eigenvalue weighted by atomic mass is 35.5. The van der Waals surface area contributed by atoms with Crippen LogP contribution >= 0.6 is 12.4 Å². The van der Waals surface area contributed by atoms with E-state index in [1.165, 1.54) is 22.4 Å². The molecule has 80 valence electrons. The van der Waals surface area contributed by atoms with Gasteiger partial charge in [-0.1, -0.05) is 18.2 Å². The summed E-state index contributed by atoms with van der Waals surface area (Å²) in [6, 6.07) is 6.42. The molecular formula is C12H15ClN2. The number of aromatic nitrogens is 2. The quantitative estimate of drug-likeness (QED) is 0.836. The Kier molecular flexibility index (Phi) is 3.92. The lowest BCUT2D eigenvalue weighted by atomic mass is 10.0. The first-order valence-electron chi connectivity index (χ1n) is 4.79. The minimum atomic E-state index is 0. The van der Waals surface area contributed by atoms with Gasteiger partial charge in [0.15, 0.2) is 0 Å². The van der Waals surface area contributed by atoms with Crippen molar-refractivity contribution in [3.05, 3.63) is 53.1 Å². The van der Waals surface area contributed by atoms with Gasteiger partial charge in [-0.25, -0.2) is 4.98 Å². The number of hydrogen-bond acceptors (Lipinski definition) is 1.